The molecule has 1 aromatic carbocycles. The van der Waals surface area contributed by atoms with Crippen LogP contribution in [0, 0.1) is 18.3 Å². The molecule has 0 aliphatic rings. The Labute approximate surface area is 115 Å². The van der Waals surface area contributed by atoms with Crippen molar-refractivity contribution in [2.45, 2.75) is 6.92 Å². The summed E-state index contributed by atoms with van der Waals surface area (Å²) in [4.78, 5) is 19.8. The highest BCUT2D eigenvalue weighted by atomic mass is 16.1. The Morgan fingerprint density at radius 2 is 2.15 bits per heavy atom. The van der Waals surface area contributed by atoms with Gasteiger partial charge in [-0.1, -0.05) is 12.1 Å². The summed E-state index contributed by atoms with van der Waals surface area (Å²) in [6, 6.07) is 7.29. The van der Waals surface area contributed by atoms with Gasteiger partial charge in [0.05, 0.1) is 23.6 Å². The minimum absolute atomic E-state index is 0.134. The molecule has 0 saturated carbocycles. The second-order valence-electron chi connectivity index (χ2n) is 3.99. The third-order valence-electron chi connectivity index (χ3n) is 2.67. The first-order chi connectivity index (χ1) is 9.65. The fraction of sp³-hybridized carbons (Fsp3) is 0.0769. The zero-order valence-corrected chi connectivity index (χ0v) is 10.7. The second-order valence-corrected chi connectivity index (χ2v) is 3.99. The smallest absolute Gasteiger partial charge is 0.275 e. The number of aromatic nitrogens is 2. The molecule has 20 heavy (non-hydrogen) atoms. The number of hydrogen-bond donors (Lipinski definition) is 3. The molecule has 0 fully saturated rings. The highest BCUT2D eigenvalue weighted by Gasteiger charge is 2.12. The minimum Gasteiger partial charge on any atom is -0.319 e. The van der Waals surface area contributed by atoms with Gasteiger partial charge in [-0.05, 0) is 18.6 Å². The normalized spacial score (nSPS) is 9.65. The summed E-state index contributed by atoms with van der Waals surface area (Å²) in [6.45, 7) is 1.80. The Bertz CT molecular complexity index is 674. The average Bonchev–Trinajstić information content (AvgIpc) is 2.47. The maximum absolute atomic E-state index is 12.0. The van der Waals surface area contributed by atoms with Gasteiger partial charge < -0.3 is 10.7 Å². The predicted octanol–water partition coefficient (Wildman–Crippen LogP) is 1.19. The first-order valence-corrected chi connectivity index (χ1v) is 5.75. The number of nitrogens with two attached hydrogens (primary N) is 1. The lowest BCUT2D eigenvalue weighted by Gasteiger charge is -2.08. The third-order valence-corrected chi connectivity index (χ3v) is 2.67. The fourth-order valence-corrected chi connectivity index (χ4v) is 1.63. The molecule has 0 bridgehead atoms. The van der Waals surface area contributed by atoms with E-state index in [2.05, 4.69) is 26.8 Å². The summed E-state index contributed by atoms with van der Waals surface area (Å²) in [6.07, 6.45) is 2.64. The van der Waals surface area contributed by atoms with Gasteiger partial charge in [0.25, 0.3) is 5.91 Å². The third kappa shape index (κ3) is 2.71. The number of aryl methyl sites for hydroxylation is 1. The van der Waals surface area contributed by atoms with E-state index in [0.29, 0.717) is 17.1 Å². The first-order valence-electron chi connectivity index (χ1n) is 5.75. The van der Waals surface area contributed by atoms with E-state index >= 15 is 0 Å². The van der Waals surface area contributed by atoms with Gasteiger partial charge in [-0.3, -0.25) is 4.79 Å². The number of nitriles is 1. The van der Waals surface area contributed by atoms with Gasteiger partial charge in [-0.2, -0.15) is 5.26 Å². The van der Waals surface area contributed by atoms with Crippen LogP contribution in [0.1, 0.15) is 21.6 Å². The summed E-state index contributed by atoms with van der Waals surface area (Å²) in [5.74, 6) is 5.08. The van der Waals surface area contributed by atoms with E-state index in [1.807, 2.05) is 0 Å². The molecule has 4 N–H and O–H groups in total. The van der Waals surface area contributed by atoms with Crippen LogP contribution in [-0.2, 0) is 0 Å². The standard InChI is InChI=1S/C13H12N6O/c1-8-3-2-4-10(9(8)5-14)18-13(20)11-6-17-12(19-15)7-16-11/h2-4,6-7H,15H2,1H3,(H,17,19)(H,18,20). The van der Waals surface area contributed by atoms with Crippen LogP contribution in [0.3, 0.4) is 0 Å². The van der Waals surface area contributed by atoms with Gasteiger partial charge in [-0.25, -0.2) is 15.8 Å². The van der Waals surface area contributed by atoms with Crippen molar-refractivity contribution in [1.82, 2.24) is 9.97 Å². The van der Waals surface area contributed by atoms with Crippen LogP contribution < -0.4 is 16.6 Å². The van der Waals surface area contributed by atoms with Crippen molar-refractivity contribution in [3.05, 3.63) is 47.4 Å². The molecule has 0 aliphatic carbocycles. The quantitative estimate of drug-likeness (QED) is 0.568. The van der Waals surface area contributed by atoms with Crippen molar-refractivity contribution in [1.29, 1.82) is 5.26 Å². The molecule has 7 nitrogen and oxygen atoms in total. The van der Waals surface area contributed by atoms with E-state index in [1.54, 1.807) is 25.1 Å². The SMILES string of the molecule is Cc1cccc(NC(=O)c2cnc(NN)cn2)c1C#N. The second kappa shape index (κ2) is 5.77. The highest BCUT2D eigenvalue weighted by Crippen LogP contribution is 2.18. The van der Waals surface area contributed by atoms with Crippen molar-refractivity contribution in [2.75, 3.05) is 10.7 Å². The van der Waals surface area contributed by atoms with E-state index < -0.39 is 5.91 Å². The van der Waals surface area contributed by atoms with Crippen molar-refractivity contribution in [2.24, 2.45) is 5.84 Å². The molecule has 2 aromatic rings. The number of hydrazine groups is 1. The number of benzene rings is 1. The van der Waals surface area contributed by atoms with Crippen LogP contribution in [0.25, 0.3) is 0 Å². The van der Waals surface area contributed by atoms with E-state index in [9.17, 15) is 4.79 Å². The zero-order valence-electron chi connectivity index (χ0n) is 10.7. The van der Waals surface area contributed by atoms with Crippen LogP contribution >= 0.6 is 0 Å². The maximum Gasteiger partial charge on any atom is 0.275 e. The first kappa shape index (κ1) is 13.5. The molecule has 0 spiro atoms. The summed E-state index contributed by atoms with van der Waals surface area (Å²) < 4.78 is 0. The van der Waals surface area contributed by atoms with Crippen molar-refractivity contribution >= 4 is 17.4 Å². The summed E-state index contributed by atoms with van der Waals surface area (Å²) in [5.41, 5.74) is 4.11. The van der Waals surface area contributed by atoms with Crippen LogP contribution in [0.4, 0.5) is 11.5 Å². The van der Waals surface area contributed by atoms with E-state index in [-0.39, 0.29) is 5.69 Å². The number of rotatable bonds is 3. The van der Waals surface area contributed by atoms with E-state index in [0.717, 1.165) is 5.56 Å². The molecule has 1 heterocycles. The van der Waals surface area contributed by atoms with Crippen LogP contribution in [-0.4, -0.2) is 15.9 Å². The number of anilines is 2. The van der Waals surface area contributed by atoms with Crippen LogP contribution in [0.5, 0.6) is 0 Å². The topological polar surface area (TPSA) is 117 Å². The number of amides is 1. The Balaban J connectivity index is 2.23. The fourth-order valence-electron chi connectivity index (χ4n) is 1.63. The van der Waals surface area contributed by atoms with Gasteiger partial charge in [0.1, 0.15) is 11.8 Å². The Hall–Kier alpha value is -2.98. The Morgan fingerprint density at radius 1 is 1.35 bits per heavy atom. The number of nitrogens with one attached hydrogen (secondary N) is 2. The van der Waals surface area contributed by atoms with Crippen LogP contribution in [0.2, 0.25) is 0 Å². The lowest BCUT2D eigenvalue weighted by atomic mass is 10.1. The predicted molar refractivity (Wildman–Crippen MR) is 73.7 cm³/mol. The molecule has 0 aliphatic heterocycles. The molecule has 0 unspecified atom stereocenters. The monoisotopic (exact) mass is 268 g/mol. The molecule has 1 amide bonds. The van der Waals surface area contributed by atoms with Gasteiger partial charge in [0.15, 0.2) is 5.82 Å². The van der Waals surface area contributed by atoms with Gasteiger partial charge >= 0.3 is 0 Å². The average molecular weight is 268 g/mol. The molecule has 0 saturated heterocycles. The number of hydrogen-bond acceptors (Lipinski definition) is 6. The number of nitrogens with zero attached hydrogens (tertiary/aromatic N) is 3. The lowest BCUT2D eigenvalue weighted by molar-refractivity contribution is 0.102. The van der Waals surface area contributed by atoms with Crippen molar-refractivity contribution in [3.63, 3.8) is 0 Å². The molecule has 7 heteroatoms. The number of nitrogen functional groups attached to an aromatic ring is 1. The van der Waals surface area contributed by atoms with Gasteiger partial charge in [-0.15, -0.1) is 0 Å². The minimum atomic E-state index is -0.442. The molecule has 100 valence electrons. The summed E-state index contributed by atoms with van der Waals surface area (Å²) in [5, 5.41) is 11.7. The molecule has 0 radical (unpaired) electrons. The van der Waals surface area contributed by atoms with Gasteiger partial charge in [0.2, 0.25) is 0 Å². The number of carbonyl (C=O) groups is 1. The molecule has 1 aromatic heterocycles. The molecule has 2 rings (SSSR count). The molecular weight excluding hydrogens is 256 g/mol. The largest absolute Gasteiger partial charge is 0.319 e. The Kier molecular flexibility index (Phi) is 3.88. The van der Waals surface area contributed by atoms with E-state index in [1.165, 1.54) is 12.4 Å². The zero-order chi connectivity index (χ0) is 14.5. The lowest BCUT2D eigenvalue weighted by Crippen LogP contribution is -2.16. The van der Waals surface area contributed by atoms with Crippen LogP contribution in [0.15, 0.2) is 30.6 Å². The molecule has 0 atom stereocenters. The van der Waals surface area contributed by atoms with Crippen molar-refractivity contribution < 1.29 is 4.79 Å². The van der Waals surface area contributed by atoms with Gasteiger partial charge in [0, 0.05) is 0 Å². The maximum atomic E-state index is 12.0. The Morgan fingerprint density at radius 3 is 2.75 bits per heavy atom. The number of carbonyl (C=O) groups excluding carboxylic acids is 1. The summed E-state index contributed by atoms with van der Waals surface area (Å²) in [7, 11) is 0. The highest BCUT2D eigenvalue weighted by molar-refractivity contribution is 6.03. The van der Waals surface area contributed by atoms with E-state index in [4.69, 9.17) is 11.1 Å². The van der Waals surface area contributed by atoms with Crippen molar-refractivity contribution in [3.8, 4) is 6.07 Å². The summed E-state index contributed by atoms with van der Waals surface area (Å²) >= 11 is 0. The molecular formula is C13H12N6O.